The topological polar surface area (TPSA) is 66.8 Å². The quantitative estimate of drug-likeness (QED) is 0.641. The van der Waals surface area contributed by atoms with Crippen LogP contribution in [0.3, 0.4) is 0 Å². The van der Waals surface area contributed by atoms with Crippen LogP contribution >= 0.6 is 0 Å². The summed E-state index contributed by atoms with van der Waals surface area (Å²) in [5, 5.41) is 9.71. The second kappa shape index (κ2) is 9.95. The van der Waals surface area contributed by atoms with E-state index in [1.165, 1.54) is 12.0 Å². The lowest BCUT2D eigenvalue weighted by Crippen LogP contribution is -2.43. The number of carboxylic acids is 1. The van der Waals surface area contributed by atoms with E-state index in [1.807, 2.05) is 13.8 Å². The SMILES string of the molecule is CCCC(C)C/C(C)=C/C(C)(C)C(CC(=O)N1CCOCC1)C(=O)O. The Morgan fingerprint density at radius 1 is 1.24 bits per heavy atom. The van der Waals surface area contributed by atoms with Crippen LogP contribution in [0.5, 0.6) is 0 Å². The fourth-order valence-electron chi connectivity index (χ4n) is 3.72. The third kappa shape index (κ3) is 7.18. The van der Waals surface area contributed by atoms with Gasteiger partial charge in [0.2, 0.25) is 5.91 Å². The molecule has 25 heavy (non-hydrogen) atoms. The smallest absolute Gasteiger partial charge is 0.307 e. The van der Waals surface area contributed by atoms with Crippen LogP contribution in [-0.2, 0) is 14.3 Å². The van der Waals surface area contributed by atoms with Crippen LogP contribution < -0.4 is 0 Å². The summed E-state index contributed by atoms with van der Waals surface area (Å²) in [7, 11) is 0. The summed E-state index contributed by atoms with van der Waals surface area (Å²) < 4.78 is 5.26. The van der Waals surface area contributed by atoms with Gasteiger partial charge in [0.25, 0.3) is 0 Å². The van der Waals surface area contributed by atoms with Gasteiger partial charge in [0.1, 0.15) is 0 Å². The molecule has 0 radical (unpaired) electrons. The number of hydrogen-bond donors (Lipinski definition) is 1. The molecule has 0 aliphatic carbocycles. The molecule has 1 aliphatic rings. The van der Waals surface area contributed by atoms with E-state index in [-0.39, 0.29) is 12.3 Å². The number of rotatable bonds is 9. The van der Waals surface area contributed by atoms with Crippen molar-refractivity contribution in [3.05, 3.63) is 11.6 Å². The highest BCUT2D eigenvalue weighted by molar-refractivity contribution is 5.83. The molecule has 1 saturated heterocycles. The highest BCUT2D eigenvalue weighted by Crippen LogP contribution is 2.34. The molecule has 1 N–H and O–H groups in total. The monoisotopic (exact) mass is 353 g/mol. The molecule has 1 heterocycles. The summed E-state index contributed by atoms with van der Waals surface area (Å²) in [5.74, 6) is -1.12. The van der Waals surface area contributed by atoms with Crippen molar-refractivity contribution < 1.29 is 19.4 Å². The van der Waals surface area contributed by atoms with Gasteiger partial charge in [-0.2, -0.15) is 0 Å². The number of ether oxygens (including phenoxy) is 1. The lowest BCUT2D eigenvalue weighted by Gasteiger charge is -2.32. The molecule has 0 aromatic carbocycles. The first-order valence-electron chi connectivity index (χ1n) is 9.44. The molecule has 1 rings (SSSR count). The zero-order chi connectivity index (χ0) is 19.0. The van der Waals surface area contributed by atoms with Crippen LogP contribution in [0.1, 0.15) is 60.3 Å². The first kappa shape index (κ1) is 21.7. The summed E-state index contributed by atoms with van der Waals surface area (Å²) in [6, 6.07) is 0. The van der Waals surface area contributed by atoms with Crippen LogP contribution in [0.25, 0.3) is 0 Å². The molecule has 144 valence electrons. The van der Waals surface area contributed by atoms with Gasteiger partial charge in [0.15, 0.2) is 0 Å². The largest absolute Gasteiger partial charge is 0.481 e. The van der Waals surface area contributed by atoms with Gasteiger partial charge in [-0.05, 0) is 24.7 Å². The number of aliphatic carboxylic acids is 1. The fourth-order valence-corrected chi connectivity index (χ4v) is 3.72. The van der Waals surface area contributed by atoms with Gasteiger partial charge in [0.05, 0.1) is 19.1 Å². The number of carboxylic acid groups (broad SMARTS) is 1. The number of nitrogens with zero attached hydrogens (tertiary/aromatic N) is 1. The van der Waals surface area contributed by atoms with Crippen molar-refractivity contribution in [2.24, 2.45) is 17.3 Å². The molecule has 0 spiro atoms. The van der Waals surface area contributed by atoms with Crippen molar-refractivity contribution in [3.63, 3.8) is 0 Å². The van der Waals surface area contributed by atoms with E-state index in [2.05, 4.69) is 26.8 Å². The zero-order valence-electron chi connectivity index (χ0n) is 16.5. The molecular formula is C20H35NO4. The molecule has 5 heteroatoms. The predicted octanol–water partition coefficient (Wildman–Crippen LogP) is 3.73. The van der Waals surface area contributed by atoms with Gasteiger partial charge in [-0.3, -0.25) is 9.59 Å². The van der Waals surface area contributed by atoms with E-state index in [0.717, 1.165) is 12.8 Å². The van der Waals surface area contributed by atoms with Crippen molar-refractivity contribution in [3.8, 4) is 0 Å². The van der Waals surface area contributed by atoms with Gasteiger partial charge in [-0.25, -0.2) is 0 Å². The van der Waals surface area contributed by atoms with Crippen molar-refractivity contribution in [1.82, 2.24) is 4.90 Å². The van der Waals surface area contributed by atoms with Crippen molar-refractivity contribution in [2.75, 3.05) is 26.3 Å². The molecule has 2 unspecified atom stereocenters. The molecule has 1 fully saturated rings. The molecule has 0 aromatic heterocycles. The summed E-state index contributed by atoms with van der Waals surface area (Å²) in [6.45, 7) is 12.5. The molecule has 0 saturated carbocycles. The number of carbonyl (C=O) groups excluding carboxylic acids is 1. The number of amides is 1. The summed E-state index contributed by atoms with van der Waals surface area (Å²) in [5.41, 5.74) is 0.639. The summed E-state index contributed by atoms with van der Waals surface area (Å²) >= 11 is 0. The van der Waals surface area contributed by atoms with Crippen molar-refractivity contribution >= 4 is 11.9 Å². The van der Waals surface area contributed by atoms with E-state index >= 15 is 0 Å². The molecule has 0 bridgehead atoms. The molecule has 2 atom stereocenters. The molecule has 0 aromatic rings. The van der Waals surface area contributed by atoms with E-state index in [9.17, 15) is 14.7 Å². The maximum absolute atomic E-state index is 12.5. The molecular weight excluding hydrogens is 318 g/mol. The van der Waals surface area contributed by atoms with E-state index in [4.69, 9.17) is 4.74 Å². The number of allylic oxidation sites excluding steroid dienone is 2. The Morgan fingerprint density at radius 3 is 2.36 bits per heavy atom. The lowest BCUT2D eigenvalue weighted by molar-refractivity contribution is -0.150. The second-order valence-corrected chi connectivity index (χ2v) is 8.00. The Bertz CT molecular complexity index is 478. The van der Waals surface area contributed by atoms with E-state index in [0.29, 0.717) is 32.2 Å². The van der Waals surface area contributed by atoms with Crippen LogP contribution in [0.2, 0.25) is 0 Å². The Morgan fingerprint density at radius 2 is 1.84 bits per heavy atom. The minimum absolute atomic E-state index is 0.0383. The average molecular weight is 354 g/mol. The summed E-state index contributed by atoms with van der Waals surface area (Å²) in [6.07, 6.45) is 5.40. The van der Waals surface area contributed by atoms with E-state index < -0.39 is 17.3 Å². The minimum Gasteiger partial charge on any atom is -0.481 e. The average Bonchev–Trinajstić information content (AvgIpc) is 2.52. The maximum Gasteiger partial charge on any atom is 0.307 e. The van der Waals surface area contributed by atoms with Crippen LogP contribution in [0.15, 0.2) is 11.6 Å². The third-order valence-electron chi connectivity index (χ3n) is 5.01. The maximum atomic E-state index is 12.5. The Kier molecular flexibility index (Phi) is 8.63. The minimum atomic E-state index is -0.905. The standard InChI is InChI=1S/C20H35NO4/c1-6-7-15(2)12-16(3)14-20(4,5)17(19(23)24)13-18(22)21-8-10-25-11-9-21/h14-15,17H,6-13H2,1-5H3,(H,23,24)/b16-14+. The lowest BCUT2D eigenvalue weighted by atomic mass is 9.75. The summed E-state index contributed by atoms with van der Waals surface area (Å²) in [4.78, 5) is 26.1. The second-order valence-electron chi connectivity index (χ2n) is 8.00. The van der Waals surface area contributed by atoms with Gasteiger partial charge in [0, 0.05) is 19.5 Å². The normalized spacial score (nSPS) is 18.8. The van der Waals surface area contributed by atoms with Gasteiger partial charge in [-0.1, -0.05) is 52.2 Å². The highest BCUT2D eigenvalue weighted by atomic mass is 16.5. The van der Waals surface area contributed by atoms with E-state index in [1.54, 1.807) is 4.90 Å². The van der Waals surface area contributed by atoms with Crippen LogP contribution in [-0.4, -0.2) is 48.2 Å². The Labute approximate surface area is 152 Å². The number of hydrogen-bond acceptors (Lipinski definition) is 3. The molecule has 5 nitrogen and oxygen atoms in total. The predicted molar refractivity (Wildman–Crippen MR) is 99.4 cm³/mol. The van der Waals surface area contributed by atoms with Gasteiger partial charge < -0.3 is 14.7 Å². The Hall–Kier alpha value is -1.36. The van der Waals surface area contributed by atoms with Gasteiger partial charge >= 0.3 is 5.97 Å². The fraction of sp³-hybridized carbons (Fsp3) is 0.800. The van der Waals surface area contributed by atoms with Gasteiger partial charge in [-0.15, -0.1) is 0 Å². The zero-order valence-corrected chi connectivity index (χ0v) is 16.5. The number of carbonyl (C=O) groups is 2. The Balaban J connectivity index is 2.80. The van der Waals surface area contributed by atoms with Crippen LogP contribution in [0.4, 0.5) is 0 Å². The molecule has 1 amide bonds. The van der Waals surface area contributed by atoms with Crippen molar-refractivity contribution in [2.45, 2.75) is 60.3 Å². The third-order valence-corrected chi connectivity index (χ3v) is 5.01. The van der Waals surface area contributed by atoms with Crippen molar-refractivity contribution in [1.29, 1.82) is 0 Å². The first-order valence-corrected chi connectivity index (χ1v) is 9.44. The first-order chi connectivity index (χ1) is 11.7. The van der Waals surface area contributed by atoms with Crippen LogP contribution in [0, 0.1) is 17.3 Å². The molecule has 1 aliphatic heterocycles. The highest BCUT2D eigenvalue weighted by Gasteiger charge is 2.36. The number of morpholine rings is 1.